The highest BCUT2D eigenvalue weighted by Crippen LogP contribution is 2.48. The van der Waals surface area contributed by atoms with Crippen LogP contribution in [0.5, 0.6) is 0 Å². The molecular weight excluding hydrogens is 814 g/mol. The fourth-order valence-corrected chi connectivity index (χ4v) is 12.6. The highest BCUT2D eigenvalue weighted by atomic mass is 31.2. The number of likely N-dealkylation sites (tertiary alicyclic amines) is 1. The van der Waals surface area contributed by atoms with Crippen LogP contribution in [0.4, 0.5) is 4.79 Å². The molecule has 322 valence electrons. The number of fused-ring (bicyclic) bond motifs is 1. The van der Waals surface area contributed by atoms with Crippen molar-refractivity contribution in [2.45, 2.75) is 71.0 Å². The molecule has 5 aromatic rings. The van der Waals surface area contributed by atoms with Crippen LogP contribution in [-0.2, 0) is 30.0 Å². The molecule has 5 aromatic carbocycles. The summed E-state index contributed by atoms with van der Waals surface area (Å²) < 4.78 is 23.1. The Balaban J connectivity index is 1.52. The molecule has 1 amide bonds. The van der Waals surface area contributed by atoms with Gasteiger partial charge in [-0.1, -0.05) is 149 Å². The monoisotopic (exact) mass is 869 g/mol. The van der Waals surface area contributed by atoms with E-state index in [1.54, 1.807) is 24.0 Å². The van der Waals surface area contributed by atoms with Gasteiger partial charge in [-0.3, -0.25) is 9.59 Å². The number of rotatable bonds is 17. The minimum Gasteiger partial charge on any atom is -0.458 e. The van der Waals surface area contributed by atoms with Crippen molar-refractivity contribution in [1.29, 1.82) is 0 Å². The van der Waals surface area contributed by atoms with E-state index in [1.807, 2.05) is 115 Å². The number of hydrogen-bond donors (Lipinski definition) is 0. The topological polar surface area (TPSA) is 108 Å². The van der Waals surface area contributed by atoms with E-state index in [-0.39, 0.29) is 36.4 Å². The molecule has 0 saturated carbocycles. The number of nitrogens with zero attached hydrogens (tertiary/aromatic N) is 1. The van der Waals surface area contributed by atoms with Gasteiger partial charge in [-0.25, -0.2) is 9.59 Å². The lowest BCUT2D eigenvalue weighted by molar-refractivity contribution is -0.154. The highest BCUT2D eigenvalue weighted by molar-refractivity contribution is 7.94. The Labute approximate surface area is 366 Å². The maximum Gasteiger partial charge on any atom is 0.508 e. The molecule has 1 aliphatic rings. The Kier molecular flexibility index (Phi) is 14.4. The Morgan fingerprint density at radius 2 is 1.39 bits per heavy atom. The largest absolute Gasteiger partial charge is 0.508 e. The number of hydrogen-bond acceptors (Lipinski definition) is 8. The molecule has 0 aliphatic carbocycles. The van der Waals surface area contributed by atoms with E-state index in [2.05, 4.69) is 47.0 Å². The van der Waals surface area contributed by atoms with Gasteiger partial charge in [0.25, 0.3) is 0 Å². The molecule has 62 heavy (non-hydrogen) atoms. The van der Waals surface area contributed by atoms with Gasteiger partial charge in [-0.2, -0.15) is 0 Å². The number of ether oxygens (including phenoxy) is 3. The van der Waals surface area contributed by atoms with E-state index in [0.717, 1.165) is 26.9 Å². The predicted octanol–water partition coefficient (Wildman–Crippen LogP) is 9.59. The van der Waals surface area contributed by atoms with Crippen LogP contribution in [0, 0.1) is 5.92 Å². The van der Waals surface area contributed by atoms with Crippen LogP contribution in [-0.4, -0.2) is 68.3 Å². The number of benzene rings is 5. The second-order valence-corrected chi connectivity index (χ2v) is 25.0. The van der Waals surface area contributed by atoms with Gasteiger partial charge in [0, 0.05) is 17.9 Å². The van der Waals surface area contributed by atoms with E-state index in [0.29, 0.717) is 23.0 Å². The lowest BCUT2D eigenvalue weighted by Crippen LogP contribution is -2.65. The summed E-state index contributed by atoms with van der Waals surface area (Å²) in [7, 11) is -2.15. The van der Waals surface area contributed by atoms with Crippen molar-refractivity contribution in [2.75, 3.05) is 13.2 Å². The van der Waals surface area contributed by atoms with Gasteiger partial charge in [0.2, 0.25) is 5.91 Å². The van der Waals surface area contributed by atoms with Crippen molar-refractivity contribution in [2.24, 2.45) is 5.92 Å². The van der Waals surface area contributed by atoms with Gasteiger partial charge in [-0.15, -0.1) is 0 Å². The van der Waals surface area contributed by atoms with Crippen LogP contribution in [0.15, 0.2) is 147 Å². The van der Waals surface area contributed by atoms with Crippen molar-refractivity contribution in [3.05, 3.63) is 163 Å². The molecule has 1 aliphatic heterocycles. The van der Waals surface area contributed by atoms with Crippen molar-refractivity contribution in [3.63, 3.8) is 0 Å². The van der Waals surface area contributed by atoms with Gasteiger partial charge in [0.1, 0.15) is 19.3 Å². The van der Waals surface area contributed by atoms with Crippen molar-refractivity contribution < 1.29 is 37.8 Å². The van der Waals surface area contributed by atoms with Gasteiger partial charge in [0.05, 0.1) is 24.1 Å². The van der Waals surface area contributed by atoms with Crippen molar-refractivity contribution >= 4 is 71.6 Å². The van der Waals surface area contributed by atoms with Crippen LogP contribution in [0.2, 0.25) is 18.1 Å². The Bertz CT molecular complexity index is 2470. The zero-order valence-electron chi connectivity index (χ0n) is 36.4. The van der Waals surface area contributed by atoms with Gasteiger partial charge >= 0.3 is 12.1 Å². The fourth-order valence-electron chi connectivity index (χ4n) is 7.61. The van der Waals surface area contributed by atoms with Crippen LogP contribution in [0.25, 0.3) is 10.8 Å². The molecule has 1 heterocycles. The summed E-state index contributed by atoms with van der Waals surface area (Å²) in [6.45, 7) is 17.2. The van der Waals surface area contributed by atoms with Gasteiger partial charge in [-0.05, 0) is 82.4 Å². The number of amides is 1. The van der Waals surface area contributed by atoms with Crippen molar-refractivity contribution in [1.82, 2.24) is 4.90 Å². The molecule has 0 unspecified atom stereocenters. The smallest absolute Gasteiger partial charge is 0.458 e. The number of carbonyl (C=O) groups excluding carboxylic acids is 4. The molecule has 1 saturated heterocycles. The summed E-state index contributed by atoms with van der Waals surface area (Å²) in [5.74, 6) is -0.0282. The first-order valence-electron chi connectivity index (χ1n) is 20.8. The molecule has 0 aromatic heterocycles. The average molecular weight is 870 g/mol. The summed E-state index contributed by atoms with van der Waals surface area (Å²) in [6.07, 6.45) is 0.960. The second kappa shape index (κ2) is 19.5. The number of carbonyl (C=O) groups is 4. The highest BCUT2D eigenvalue weighted by Gasteiger charge is 2.52. The third-order valence-electron chi connectivity index (χ3n) is 11.9. The molecule has 0 radical (unpaired) electrons. The number of ketones is 1. The van der Waals surface area contributed by atoms with Gasteiger partial charge in [0.15, 0.2) is 14.1 Å². The average Bonchev–Trinajstić information content (AvgIpc) is 3.27. The SMILES string of the molecule is C=CCOC(=O)O[C@H](C)[C@H]1C(=O)N(C=P(c2ccccc2)(c2ccccc2)c2ccccc2C(=O)OCC=C)[C@@H]1CC(=O)c1cc(CO[Si](C)(C)C(C)(C)C)c2ccccc2c1. The Morgan fingerprint density at radius 3 is 2.02 bits per heavy atom. The quantitative estimate of drug-likeness (QED) is 0.0227. The first kappa shape index (κ1) is 45.7. The molecule has 6 rings (SSSR count). The first-order valence-corrected chi connectivity index (χ1v) is 25.6. The number of β-lactam (4-membered cyclic amide) rings is 1. The summed E-state index contributed by atoms with van der Waals surface area (Å²) in [4.78, 5) is 57.9. The van der Waals surface area contributed by atoms with Crippen LogP contribution in [0.3, 0.4) is 0 Å². The van der Waals surface area contributed by atoms with Gasteiger partial charge < -0.3 is 23.5 Å². The summed E-state index contributed by atoms with van der Waals surface area (Å²) in [6, 6.07) is 37.8. The normalized spacial score (nSPS) is 15.8. The molecule has 1 fully saturated rings. The molecule has 9 nitrogen and oxygen atoms in total. The third kappa shape index (κ3) is 9.63. The lowest BCUT2D eigenvalue weighted by Gasteiger charge is -2.48. The van der Waals surface area contributed by atoms with Crippen LogP contribution < -0.4 is 15.9 Å². The van der Waals surface area contributed by atoms with Crippen LogP contribution in [0.1, 0.15) is 60.4 Å². The van der Waals surface area contributed by atoms with Crippen LogP contribution >= 0.6 is 6.89 Å². The second-order valence-electron chi connectivity index (χ2n) is 17.0. The van der Waals surface area contributed by atoms with Crippen molar-refractivity contribution in [3.8, 4) is 0 Å². The minimum atomic E-state index is -3.08. The maximum atomic E-state index is 14.8. The molecule has 0 spiro atoms. The Hall–Kier alpha value is -5.80. The first-order chi connectivity index (χ1) is 29.6. The molecule has 11 heteroatoms. The number of Topliss-reactive ketones (excluding diaryl/α,β-unsaturated/α-hetero) is 1. The molecule has 0 bridgehead atoms. The van der Waals surface area contributed by atoms with E-state index >= 15 is 0 Å². The van der Waals surface area contributed by atoms with E-state index in [4.69, 9.17) is 18.6 Å². The van der Waals surface area contributed by atoms with E-state index in [9.17, 15) is 19.2 Å². The standard InChI is InChI=1S/C51H56NO8PSi/c1-9-29-57-49(55)43-27-19-20-28-46(43)61(40-22-13-11-14-23-40,41-24-15-12-16-25-41)35-52-44(47(48(52)54)36(3)60-50(56)58-30-10-2)33-45(53)38-31-37-21-17-18-26-42(37)39(32-38)34-59-62(7,8)51(4,5)6/h9-28,31-32,35-36,44,47H,1-2,29-30,33-34H2,3-8H3/t36-,44-,47-/m1/s1. The zero-order chi connectivity index (χ0) is 44.7. The lowest BCUT2D eigenvalue weighted by atomic mass is 9.80. The minimum absolute atomic E-state index is 0.0113. The zero-order valence-corrected chi connectivity index (χ0v) is 38.3. The molecule has 0 N–H and O–H groups in total. The maximum absolute atomic E-state index is 14.8. The summed E-state index contributed by atoms with van der Waals surface area (Å²) in [5, 5.41) is 4.30. The fraction of sp³-hybridized carbons (Fsp3) is 0.275. The van der Waals surface area contributed by atoms with E-state index in [1.165, 1.54) is 12.2 Å². The summed E-state index contributed by atoms with van der Waals surface area (Å²) >= 11 is 0. The Morgan fingerprint density at radius 1 is 0.806 bits per heavy atom. The van der Waals surface area contributed by atoms with E-state index < -0.39 is 45.4 Å². The molecular formula is C51H56NO8PSi. The third-order valence-corrected chi connectivity index (χ3v) is 20.4. The molecule has 3 atom stereocenters. The number of esters is 1. The predicted molar refractivity (Wildman–Crippen MR) is 253 cm³/mol. The summed E-state index contributed by atoms with van der Waals surface area (Å²) in [5.41, 5.74) is 1.73.